The molecule has 2 aliphatic rings. The van der Waals surface area contributed by atoms with Crippen LogP contribution in [0.5, 0.6) is 0 Å². The van der Waals surface area contributed by atoms with E-state index >= 15 is 0 Å². The molecule has 0 bridgehead atoms. The quantitative estimate of drug-likeness (QED) is 0.928. The minimum Gasteiger partial charge on any atom is -0.354 e. The summed E-state index contributed by atoms with van der Waals surface area (Å²) in [4.78, 5) is 23.3. The van der Waals surface area contributed by atoms with Crippen LogP contribution in [0.15, 0.2) is 24.0 Å². The molecule has 0 saturated carbocycles. The molecule has 1 atom stereocenters. The number of anilines is 1. The van der Waals surface area contributed by atoms with E-state index in [1.54, 1.807) is 6.33 Å². The van der Waals surface area contributed by atoms with E-state index in [0.717, 1.165) is 68.7 Å². The topological polar surface area (TPSA) is 58.1 Å². The third kappa shape index (κ3) is 4.09. The number of hydrogen-bond acceptors (Lipinski definition) is 4. The standard InChI is InChI=1S/C18H26N4O/c1-2-15-11-17(20-13-19-15)22-10-6-9-16(12-22)21-18(23)14-7-4-3-5-8-14/h7,11,13,16H,2-6,8-10,12H2,1H3,(H,21,23)/t16-/m0/s1. The van der Waals surface area contributed by atoms with E-state index in [2.05, 4.69) is 39.3 Å². The summed E-state index contributed by atoms with van der Waals surface area (Å²) in [7, 11) is 0. The second kappa shape index (κ2) is 7.57. The fourth-order valence-electron chi connectivity index (χ4n) is 3.38. The van der Waals surface area contributed by atoms with Crippen LogP contribution in [-0.2, 0) is 11.2 Å². The summed E-state index contributed by atoms with van der Waals surface area (Å²) in [6, 6.07) is 2.27. The van der Waals surface area contributed by atoms with E-state index < -0.39 is 0 Å². The zero-order chi connectivity index (χ0) is 16.1. The van der Waals surface area contributed by atoms with E-state index in [1.807, 2.05) is 0 Å². The highest BCUT2D eigenvalue weighted by atomic mass is 16.1. The number of carbonyl (C=O) groups is 1. The largest absolute Gasteiger partial charge is 0.354 e. The number of amides is 1. The second-order valence-electron chi connectivity index (χ2n) is 6.45. The summed E-state index contributed by atoms with van der Waals surface area (Å²) in [5.41, 5.74) is 2.04. The molecule has 0 radical (unpaired) electrons. The molecule has 1 aliphatic carbocycles. The number of piperidine rings is 1. The predicted molar refractivity (Wildman–Crippen MR) is 91.3 cm³/mol. The summed E-state index contributed by atoms with van der Waals surface area (Å²) in [6.45, 7) is 3.93. The summed E-state index contributed by atoms with van der Waals surface area (Å²) in [6.07, 6.45) is 11.1. The molecule has 0 spiro atoms. The van der Waals surface area contributed by atoms with Crippen molar-refractivity contribution in [2.45, 2.75) is 57.9 Å². The zero-order valence-electron chi connectivity index (χ0n) is 13.9. The molecule has 0 unspecified atom stereocenters. The first-order valence-corrected chi connectivity index (χ1v) is 8.82. The first kappa shape index (κ1) is 16.0. The van der Waals surface area contributed by atoms with Gasteiger partial charge in [0.2, 0.25) is 5.91 Å². The first-order valence-electron chi connectivity index (χ1n) is 8.82. The highest BCUT2D eigenvalue weighted by molar-refractivity contribution is 5.93. The summed E-state index contributed by atoms with van der Waals surface area (Å²) in [5, 5.41) is 3.22. The minimum atomic E-state index is 0.133. The molecule has 1 fully saturated rings. The molecular weight excluding hydrogens is 288 g/mol. The van der Waals surface area contributed by atoms with Crippen LogP contribution in [0.1, 0.15) is 51.1 Å². The van der Waals surface area contributed by atoms with E-state index in [-0.39, 0.29) is 11.9 Å². The van der Waals surface area contributed by atoms with Crippen molar-refractivity contribution in [1.29, 1.82) is 0 Å². The maximum absolute atomic E-state index is 12.4. The molecule has 5 nitrogen and oxygen atoms in total. The van der Waals surface area contributed by atoms with E-state index in [1.165, 1.54) is 6.42 Å². The van der Waals surface area contributed by atoms with Crippen LogP contribution in [0.3, 0.4) is 0 Å². The van der Waals surface area contributed by atoms with Crippen LogP contribution in [0, 0.1) is 0 Å². The Labute approximate surface area is 138 Å². The van der Waals surface area contributed by atoms with Crippen LogP contribution >= 0.6 is 0 Å². The number of carbonyl (C=O) groups excluding carboxylic acids is 1. The maximum Gasteiger partial charge on any atom is 0.247 e. The Morgan fingerprint density at radius 2 is 2.26 bits per heavy atom. The molecular formula is C18H26N4O. The number of rotatable bonds is 4. The molecule has 1 amide bonds. The van der Waals surface area contributed by atoms with Crippen molar-refractivity contribution in [2.75, 3.05) is 18.0 Å². The Kier molecular flexibility index (Phi) is 5.26. The van der Waals surface area contributed by atoms with Gasteiger partial charge in [0, 0.05) is 36.5 Å². The Hall–Kier alpha value is -1.91. The van der Waals surface area contributed by atoms with E-state index in [0.29, 0.717) is 0 Å². The molecule has 5 heteroatoms. The van der Waals surface area contributed by atoms with Gasteiger partial charge in [-0.1, -0.05) is 13.0 Å². The molecule has 0 aromatic carbocycles. The van der Waals surface area contributed by atoms with Crippen LogP contribution < -0.4 is 10.2 Å². The van der Waals surface area contributed by atoms with Crippen molar-refractivity contribution in [2.24, 2.45) is 0 Å². The van der Waals surface area contributed by atoms with Gasteiger partial charge in [-0.15, -0.1) is 0 Å². The lowest BCUT2D eigenvalue weighted by Gasteiger charge is -2.34. The number of nitrogens with zero attached hydrogens (tertiary/aromatic N) is 3. The number of hydrogen-bond donors (Lipinski definition) is 1. The number of nitrogens with one attached hydrogen (secondary N) is 1. The Balaban J connectivity index is 1.61. The molecule has 1 N–H and O–H groups in total. The predicted octanol–water partition coefficient (Wildman–Crippen LogP) is 2.62. The van der Waals surface area contributed by atoms with Gasteiger partial charge in [0.25, 0.3) is 0 Å². The van der Waals surface area contributed by atoms with Crippen molar-refractivity contribution in [1.82, 2.24) is 15.3 Å². The van der Waals surface area contributed by atoms with Crippen molar-refractivity contribution in [3.8, 4) is 0 Å². The fraction of sp³-hybridized carbons (Fsp3) is 0.611. The monoisotopic (exact) mass is 314 g/mol. The lowest BCUT2D eigenvalue weighted by molar-refractivity contribution is -0.118. The third-order valence-corrected chi connectivity index (χ3v) is 4.73. The lowest BCUT2D eigenvalue weighted by atomic mass is 9.98. The van der Waals surface area contributed by atoms with Crippen LogP contribution in [0.4, 0.5) is 5.82 Å². The third-order valence-electron chi connectivity index (χ3n) is 4.73. The average Bonchev–Trinajstić information content (AvgIpc) is 2.63. The fourth-order valence-corrected chi connectivity index (χ4v) is 3.38. The highest BCUT2D eigenvalue weighted by Crippen LogP contribution is 2.20. The van der Waals surface area contributed by atoms with Gasteiger partial charge in [-0.25, -0.2) is 9.97 Å². The minimum absolute atomic E-state index is 0.133. The van der Waals surface area contributed by atoms with Gasteiger partial charge in [-0.05, 0) is 44.9 Å². The molecule has 124 valence electrons. The molecule has 1 aliphatic heterocycles. The van der Waals surface area contributed by atoms with Crippen molar-refractivity contribution < 1.29 is 4.79 Å². The van der Waals surface area contributed by atoms with Crippen molar-refractivity contribution in [3.63, 3.8) is 0 Å². The second-order valence-corrected chi connectivity index (χ2v) is 6.45. The van der Waals surface area contributed by atoms with Crippen molar-refractivity contribution >= 4 is 11.7 Å². The smallest absolute Gasteiger partial charge is 0.247 e. The highest BCUT2D eigenvalue weighted by Gasteiger charge is 2.24. The van der Waals surface area contributed by atoms with Gasteiger partial charge in [0.05, 0.1) is 0 Å². The summed E-state index contributed by atoms with van der Waals surface area (Å²) < 4.78 is 0. The Bertz CT molecular complexity index is 584. The van der Waals surface area contributed by atoms with Gasteiger partial charge in [-0.3, -0.25) is 4.79 Å². The van der Waals surface area contributed by atoms with E-state index in [9.17, 15) is 4.79 Å². The van der Waals surface area contributed by atoms with Gasteiger partial charge in [0.15, 0.2) is 0 Å². The SMILES string of the molecule is CCc1cc(N2CCC[C@H](NC(=O)C3=CCCCC3)C2)ncn1. The van der Waals surface area contributed by atoms with Crippen LogP contribution in [-0.4, -0.2) is 35.0 Å². The van der Waals surface area contributed by atoms with Crippen molar-refractivity contribution in [3.05, 3.63) is 29.7 Å². The van der Waals surface area contributed by atoms with Gasteiger partial charge < -0.3 is 10.2 Å². The Morgan fingerprint density at radius 3 is 3.04 bits per heavy atom. The van der Waals surface area contributed by atoms with Crippen LogP contribution in [0.25, 0.3) is 0 Å². The maximum atomic E-state index is 12.4. The zero-order valence-corrected chi connectivity index (χ0v) is 13.9. The first-order chi connectivity index (χ1) is 11.3. The molecule has 23 heavy (non-hydrogen) atoms. The van der Waals surface area contributed by atoms with Gasteiger partial charge in [-0.2, -0.15) is 0 Å². The number of aryl methyl sites for hydroxylation is 1. The van der Waals surface area contributed by atoms with Gasteiger partial charge >= 0.3 is 0 Å². The lowest BCUT2D eigenvalue weighted by Crippen LogP contribution is -2.48. The molecule has 1 aromatic rings. The van der Waals surface area contributed by atoms with Crippen LogP contribution in [0.2, 0.25) is 0 Å². The van der Waals surface area contributed by atoms with Gasteiger partial charge in [0.1, 0.15) is 12.1 Å². The molecule has 2 heterocycles. The molecule has 1 aromatic heterocycles. The molecule has 3 rings (SSSR count). The Morgan fingerprint density at radius 1 is 1.35 bits per heavy atom. The summed E-state index contributed by atoms with van der Waals surface area (Å²) in [5.74, 6) is 1.11. The average molecular weight is 314 g/mol. The van der Waals surface area contributed by atoms with E-state index in [4.69, 9.17) is 0 Å². The normalized spacial score (nSPS) is 21.7. The summed E-state index contributed by atoms with van der Waals surface area (Å²) >= 11 is 0. The number of aromatic nitrogens is 2. The molecule has 1 saturated heterocycles. The number of allylic oxidation sites excluding steroid dienone is 1.